The van der Waals surface area contributed by atoms with Gasteiger partial charge in [0, 0.05) is 0 Å². The number of carbonyl (C=O) groups is 1. The van der Waals surface area contributed by atoms with Gasteiger partial charge < -0.3 is 20.2 Å². The van der Waals surface area contributed by atoms with Crippen molar-refractivity contribution in [3.63, 3.8) is 0 Å². The molecule has 2 rings (SSSR count). The molecule has 0 aliphatic carbocycles. The van der Waals surface area contributed by atoms with E-state index >= 15 is 0 Å². The summed E-state index contributed by atoms with van der Waals surface area (Å²) in [7, 11) is 0. The molecule has 7 nitrogen and oxygen atoms in total. The molecule has 7 heteroatoms. The van der Waals surface area contributed by atoms with Crippen molar-refractivity contribution in [2.75, 3.05) is 43.7 Å². The van der Waals surface area contributed by atoms with Gasteiger partial charge in [0.15, 0.2) is 11.5 Å². The summed E-state index contributed by atoms with van der Waals surface area (Å²) in [4.78, 5) is 15.9. The molecular weight excluding hydrogens is 236 g/mol. The fraction of sp³-hybridized carbons (Fsp3) is 0.636. The maximum Gasteiger partial charge on any atom is 0.360 e. The van der Waals surface area contributed by atoms with Crippen LogP contribution in [0.2, 0.25) is 0 Å². The van der Waals surface area contributed by atoms with Crippen molar-refractivity contribution < 1.29 is 14.3 Å². The SMILES string of the molecule is CCOC(=O)c1nc(C)n(N2CCOCC2)c1N. The first-order chi connectivity index (χ1) is 8.65. The van der Waals surface area contributed by atoms with E-state index in [-0.39, 0.29) is 5.69 Å². The predicted octanol–water partition coefficient (Wildman–Crippen LogP) is -0.0814. The average Bonchev–Trinajstić information content (AvgIpc) is 2.66. The summed E-state index contributed by atoms with van der Waals surface area (Å²) in [6.45, 7) is 6.61. The molecule has 18 heavy (non-hydrogen) atoms. The molecule has 2 N–H and O–H groups in total. The van der Waals surface area contributed by atoms with Gasteiger partial charge in [-0.2, -0.15) is 0 Å². The van der Waals surface area contributed by atoms with Crippen molar-refractivity contribution in [3.8, 4) is 0 Å². The first-order valence-electron chi connectivity index (χ1n) is 6.00. The Balaban J connectivity index is 2.28. The molecule has 0 radical (unpaired) electrons. The van der Waals surface area contributed by atoms with Gasteiger partial charge in [-0.05, 0) is 13.8 Å². The van der Waals surface area contributed by atoms with Gasteiger partial charge in [-0.3, -0.25) is 0 Å². The van der Waals surface area contributed by atoms with Crippen LogP contribution in [0.4, 0.5) is 5.82 Å². The van der Waals surface area contributed by atoms with Gasteiger partial charge in [0.2, 0.25) is 0 Å². The number of rotatable bonds is 3. The Hall–Kier alpha value is -1.76. The Morgan fingerprint density at radius 3 is 2.78 bits per heavy atom. The molecular formula is C11H18N4O3. The molecule has 0 amide bonds. The normalized spacial score (nSPS) is 15.8. The Kier molecular flexibility index (Phi) is 3.71. The minimum absolute atomic E-state index is 0.181. The van der Waals surface area contributed by atoms with Crippen molar-refractivity contribution in [2.45, 2.75) is 13.8 Å². The van der Waals surface area contributed by atoms with E-state index in [1.165, 1.54) is 0 Å². The quantitative estimate of drug-likeness (QED) is 0.760. The first-order valence-corrected chi connectivity index (χ1v) is 6.00. The Labute approximate surface area is 105 Å². The van der Waals surface area contributed by atoms with Crippen LogP contribution in [0.3, 0.4) is 0 Å². The third kappa shape index (κ3) is 2.26. The topological polar surface area (TPSA) is 82.6 Å². The molecule has 0 atom stereocenters. The number of nitrogens with two attached hydrogens (primary N) is 1. The summed E-state index contributed by atoms with van der Waals surface area (Å²) in [6, 6.07) is 0. The lowest BCUT2D eigenvalue weighted by Gasteiger charge is -2.30. The summed E-state index contributed by atoms with van der Waals surface area (Å²) in [6.07, 6.45) is 0. The molecule has 1 aromatic rings. The van der Waals surface area contributed by atoms with Crippen LogP contribution in [-0.2, 0) is 9.47 Å². The highest BCUT2D eigenvalue weighted by molar-refractivity contribution is 5.92. The predicted molar refractivity (Wildman–Crippen MR) is 66.1 cm³/mol. The maximum atomic E-state index is 11.7. The van der Waals surface area contributed by atoms with Crippen LogP contribution in [-0.4, -0.2) is 48.5 Å². The van der Waals surface area contributed by atoms with Crippen LogP contribution in [0.1, 0.15) is 23.2 Å². The summed E-state index contributed by atoms with van der Waals surface area (Å²) in [5.74, 6) is 0.524. The molecule has 0 spiro atoms. The second-order valence-corrected chi connectivity index (χ2v) is 3.99. The Bertz CT molecular complexity index is 438. The number of imidazole rings is 1. The molecule has 100 valence electrons. The number of aromatic nitrogens is 2. The van der Waals surface area contributed by atoms with Crippen LogP contribution < -0.4 is 10.7 Å². The highest BCUT2D eigenvalue weighted by atomic mass is 16.5. The van der Waals surface area contributed by atoms with Crippen LogP contribution in [0.25, 0.3) is 0 Å². The zero-order valence-corrected chi connectivity index (χ0v) is 10.7. The van der Waals surface area contributed by atoms with Gasteiger partial charge in [-0.1, -0.05) is 0 Å². The third-order valence-electron chi connectivity index (χ3n) is 2.79. The number of nitrogen functional groups attached to an aromatic ring is 1. The average molecular weight is 254 g/mol. The van der Waals surface area contributed by atoms with E-state index in [0.29, 0.717) is 31.5 Å². The molecule has 1 saturated heterocycles. The standard InChI is InChI=1S/C11H18N4O3/c1-3-18-11(16)9-10(12)15(8(2)13-9)14-4-6-17-7-5-14/h3-7,12H2,1-2H3. The van der Waals surface area contributed by atoms with E-state index in [4.69, 9.17) is 15.2 Å². The minimum Gasteiger partial charge on any atom is -0.461 e. The van der Waals surface area contributed by atoms with Gasteiger partial charge in [0.05, 0.1) is 32.9 Å². The van der Waals surface area contributed by atoms with Gasteiger partial charge in [0.1, 0.15) is 5.82 Å². The molecule has 1 aliphatic heterocycles. The smallest absolute Gasteiger partial charge is 0.360 e. The number of nitrogens with zero attached hydrogens (tertiary/aromatic N) is 3. The zero-order chi connectivity index (χ0) is 13.1. The van der Waals surface area contributed by atoms with Crippen LogP contribution >= 0.6 is 0 Å². The van der Waals surface area contributed by atoms with Crippen LogP contribution in [0, 0.1) is 6.92 Å². The fourth-order valence-electron chi connectivity index (χ4n) is 2.00. The molecule has 1 aromatic heterocycles. The minimum atomic E-state index is -0.481. The fourth-order valence-corrected chi connectivity index (χ4v) is 2.00. The lowest BCUT2D eigenvalue weighted by molar-refractivity contribution is 0.0521. The van der Waals surface area contributed by atoms with Gasteiger partial charge >= 0.3 is 5.97 Å². The van der Waals surface area contributed by atoms with E-state index < -0.39 is 5.97 Å². The van der Waals surface area contributed by atoms with Gasteiger partial charge in [-0.25, -0.2) is 14.5 Å². The third-order valence-corrected chi connectivity index (χ3v) is 2.79. The number of esters is 1. The Morgan fingerprint density at radius 2 is 2.17 bits per heavy atom. The first kappa shape index (κ1) is 12.7. The summed E-state index contributed by atoms with van der Waals surface area (Å²) in [5, 5.41) is 2.02. The molecule has 1 fully saturated rings. The largest absolute Gasteiger partial charge is 0.461 e. The molecule has 0 aromatic carbocycles. The van der Waals surface area contributed by atoms with E-state index in [0.717, 1.165) is 13.1 Å². The Morgan fingerprint density at radius 1 is 1.50 bits per heavy atom. The second kappa shape index (κ2) is 5.26. The molecule has 0 unspecified atom stereocenters. The second-order valence-electron chi connectivity index (χ2n) is 3.99. The summed E-state index contributed by atoms with van der Waals surface area (Å²) < 4.78 is 12.0. The van der Waals surface area contributed by atoms with Crippen molar-refractivity contribution in [1.82, 2.24) is 9.66 Å². The van der Waals surface area contributed by atoms with Crippen molar-refractivity contribution in [2.24, 2.45) is 0 Å². The van der Waals surface area contributed by atoms with E-state index in [1.807, 2.05) is 11.9 Å². The van der Waals surface area contributed by atoms with Gasteiger partial charge in [0.25, 0.3) is 0 Å². The molecule has 1 aliphatic rings. The zero-order valence-electron chi connectivity index (χ0n) is 10.7. The number of anilines is 1. The highest BCUT2D eigenvalue weighted by Gasteiger charge is 2.23. The maximum absolute atomic E-state index is 11.7. The van der Waals surface area contributed by atoms with Crippen molar-refractivity contribution in [1.29, 1.82) is 0 Å². The number of aryl methyl sites for hydroxylation is 1. The summed E-state index contributed by atoms with van der Waals surface area (Å²) >= 11 is 0. The van der Waals surface area contributed by atoms with E-state index in [1.54, 1.807) is 11.6 Å². The van der Waals surface area contributed by atoms with E-state index in [2.05, 4.69) is 4.98 Å². The van der Waals surface area contributed by atoms with E-state index in [9.17, 15) is 4.79 Å². The number of carbonyl (C=O) groups excluding carboxylic acids is 1. The van der Waals surface area contributed by atoms with Crippen molar-refractivity contribution in [3.05, 3.63) is 11.5 Å². The number of hydrogen-bond donors (Lipinski definition) is 1. The molecule has 0 bridgehead atoms. The van der Waals surface area contributed by atoms with Gasteiger partial charge in [-0.15, -0.1) is 0 Å². The van der Waals surface area contributed by atoms with Crippen LogP contribution in [0.5, 0.6) is 0 Å². The van der Waals surface area contributed by atoms with Crippen LogP contribution in [0.15, 0.2) is 0 Å². The number of hydrogen-bond acceptors (Lipinski definition) is 6. The monoisotopic (exact) mass is 254 g/mol. The number of ether oxygens (including phenoxy) is 2. The molecule has 0 saturated carbocycles. The highest BCUT2D eigenvalue weighted by Crippen LogP contribution is 2.16. The lowest BCUT2D eigenvalue weighted by atomic mass is 10.4. The summed E-state index contributed by atoms with van der Waals surface area (Å²) in [5.41, 5.74) is 6.16. The number of morpholine rings is 1. The van der Waals surface area contributed by atoms with Crippen molar-refractivity contribution >= 4 is 11.8 Å². The molecule has 2 heterocycles. The lowest BCUT2D eigenvalue weighted by Crippen LogP contribution is -2.45.